The van der Waals surface area contributed by atoms with Crippen LogP contribution in [0.2, 0.25) is 0 Å². The van der Waals surface area contributed by atoms with Gasteiger partial charge >= 0.3 is 5.97 Å². The number of ketones is 1. The number of esters is 1. The van der Waals surface area contributed by atoms with E-state index >= 15 is 0 Å². The number of allylic oxidation sites excluding steroid dienone is 15. The number of carbonyl (C=O) groups excluding carboxylic acids is 2. The van der Waals surface area contributed by atoms with E-state index in [4.69, 9.17) is 4.74 Å². The first kappa shape index (κ1) is 40.6. The minimum Gasteiger partial charge on any atom is -0.462 e. The number of aliphatic hydroxyl groups excluding tert-OH is 1. The molecule has 0 aromatic rings. The number of carbonyl (C=O) groups is 2. The van der Waals surface area contributed by atoms with E-state index in [2.05, 4.69) is 5.73 Å². The molecule has 0 radical (unpaired) electrons. The first-order valence-corrected chi connectivity index (χ1v) is 16.8. The summed E-state index contributed by atoms with van der Waals surface area (Å²) in [6.07, 6.45) is 23.7. The third kappa shape index (κ3) is 12.5. The van der Waals surface area contributed by atoms with Gasteiger partial charge in [-0.15, -0.1) is 5.73 Å². The summed E-state index contributed by atoms with van der Waals surface area (Å²) in [5.41, 5.74) is 5.31. The lowest BCUT2D eigenvalue weighted by molar-refractivity contribution is -0.152. The Kier molecular flexibility index (Phi) is 14.2. The molecule has 6 nitrogen and oxygen atoms in total. The summed E-state index contributed by atoms with van der Waals surface area (Å²) in [7, 11) is 0. The van der Waals surface area contributed by atoms with Crippen LogP contribution in [0.3, 0.4) is 0 Å². The first-order valence-electron chi connectivity index (χ1n) is 16.8. The average molecular weight is 659 g/mol. The topological polar surface area (TPSA) is 104 Å². The summed E-state index contributed by atoms with van der Waals surface area (Å²) in [4.78, 5) is 24.3. The fraction of sp³-hybridized carbons (Fsp3) is 0.500. The summed E-state index contributed by atoms with van der Waals surface area (Å²) in [5.74, 6) is -0.479. The molecular formula is C42H58O6. The Hall–Kier alpha value is -3.54. The second kappa shape index (κ2) is 16.7. The van der Waals surface area contributed by atoms with Gasteiger partial charge in [0.25, 0.3) is 0 Å². The number of aliphatic hydroxyl groups is 3. The average Bonchev–Trinajstić information content (AvgIpc) is 2.90. The van der Waals surface area contributed by atoms with Crippen molar-refractivity contribution in [3.63, 3.8) is 0 Å². The summed E-state index contributed by atoms with van der Waals surface area (Å²) in [6.45, 7) is 20.6. The van der Waals surface area contributed by atoms with Crippen LogP contribution in [0.4, 0.5) is 0 Å². The predicted octanol–water partition coefficient (Wildman–Crippen LogP) is 8.45. The maximum absolute atomic E-state index is 12.9. The van der Waals surface area contributed by atoms with Gasteiger partial charge in [-0.25, -0.2) is 0 Å². The summed E-state index contributed by atoms with van der Waals surface area (Å²) >= 11 is 0. The molecule has 0 heterocycles. The molecule has 0 spiro atoms. The summed E-state index contributed by atoms with van der Waals surface area (Å²) < 4.78 is 5.41. The zero-order valence-corrected chi connectivity index (χ0v) is 31.0. The highest BCUT2D eigenvalue weighted by Gasteiger charge is 2.46. The SMILES string of the molecule is CC(=O)OC1CC(C)(C)C(=C=C/C(C)=C/C=C/C(C)=C/C=C/C=C(C)/C=C/C=C(\C)C(=O)C=C2C(C)(C)CC(O)CC2(C)O)C(C)(O)C1. The molecule has 4 unspecified atom stereocenters. The third-order valence-corrected chi connectivity index (χ3v) is 8.96. The van der Waals surface area contributed by atoms with E-state index < -0.39 is 22.7 Å². The lowest BCUT2D eigenvalue weighted by Gasteiger charge is -2.45. The molecule has 48 heavy (non-hydrogen) atoms. The van der Waals surface area contributed by atoms with Crippen LogP contribution in [0.1, 0.15) is 102 Å². The molecule has 2 aliphatic rings. The van der Waals surface area contributed by atoms with Gasteiger partial charge in [0.05, 0.1) is 17.3 Å². The molecule has 0 bridgehead atoms. The van der Waals surface area contributed by atoms with E-state index in [0.717, 1.165) is 22.3 Å². The van der Waals surface area contributed by atoms with Gasteiger partial charge < -0.3 is 20.1 Å². The number of hydrogen-bond donors (Lipinski definition) is 3. The van der Waals surface area contributed by atoms with E-state index in [1.54, 1.807) is 32.9 Å². The molecule has 2 rings (SSSR count). The van der Waals surface area contributed by atoms with Crippen LogP contribution >= 0.6 is 0 Å². The zero-order valence-electron chi connectivity index (χ0n) is 31.0. The van der Waals surface area contributed by atoms with Gasteiger partial charge in [0.1, 0.15) is 6.10 Å². The Morgan fingerprint density at radius 1 is 0.708 bits per heavy atom. The van der Waals surface area contributed by atoms with Crippen molar-refractivity contribution in [3.8, 4) is 0 Å². The van der Waals surface area contributed by atoms with Gasteiger partial charge in [-0.3, -0.25) is 9.59 Å². The summed E-state index contributed by atoms with van der Waals surface area (Å²) in [6, 6.07) is 0. The summed E-state index contributed by atoms with van der Waals surface area (Å²) in [5, 5.41) is 32.1. The molecule has 0 aromatic heterocycles. The van der Waals surface area contributed by atoms with E-state index in [-0.39, 0.29) is 29.7 Å². The lowest BCUT2D eigenvalue weighted by atomic mass is 9.64. The number of hydrogen-bond acceptors (Lipinski definition) is 6. The van der Waals surface area contributed by atoms with E-state index in [0.29, 0.717) is 30.4 Å². The first-order chi connectivity index (χ1) is 22.1. The Morgan fingerprint density at radius 3 is 1.77 bits per heavy atom. The maximum atomic E-state index is 12.9. The number of ether oxygens (including phenoxy) is 1. The fourth-order valence-electron chi connectivity index (χ4n) is 6.89. The van der Waals surface area contributed by atoms with Gasteiger partial charge in [0.15, 0.2) is 5.78 Å². The number of rotatable bonds is 10. The molecule has 262 valence electrons. The largest absolute Gasteiger partial charge is 0.462 e. The van der Waals surface area contributed by atoms with Crippen molar-refractivity contribution in [2.24, 2.45) is 10.8 Å². The van der Waals surface area contributed by atoms with Crippen LogP contribution in [-0.4, -0.2) is 50.5 Å². The highest BCUT2D eigenvalue weighted by molar-refractivity contribution is 6.04. The van der Waals surface area contributed by atoms with Crippen LogP contribution in [0.15, 0.2) is 112 Å². The van der Waals surface area contributed by atoms with Crippen LogP contribution in [0, 0.1) is 10.8 Å². The lowest BCUT2D eigenvalue weighted by Crippen LogP contribution is -2.46. The highest BCUT2D eigenvalue weighted by Crippen LogP contribution is 2.47. The second-order valence-corrected chi connectivity index (χ2v) is 15.3. The quantitative estimate of drug-likeness (QED) is 0.0942. The van der Waals surface area contributed by atoms with Crippen LogP contribution in [0.25, 0.3) is 0 Å². The molecule has 0 saturated heterocycles. The van der Waals surface area contributed by atoms with Crippen LogP contribution < -0.4 is 0 Å². The van der Waals surface area contributed by atoms with E-state index in [9.17, 15) is 24.9 Å². The van der Waals surface area contributed by atoms with Gasteiger partial charge in [-0.2, -0.15) is 0 Å². The minimum atomic E-state index is -1.22. The predicted molar refractivity (Wildman–Crippen MR) is 196 cm³/mol. The van der Waals surface area contributed by atoms with E-state index in [1.807, 2.05) is 109 Å². The van der Waals surface area contributed by atoms with Crippen molar-refractivity contribution in [1.82, 2.24) is 0 Å². The fourth-order valence-corrected chi connectivity index (χ4v) is 6.89. The van der Waals surface area contributed by atoms with Crippen molar-refractivity contribution >= 4 is 11.8 Å². The maximum Gasteiger partial charge on any atom is 0.302 e. The normalized spacial score (nSPS) is 29.5. The van der Waals surface area contributed by atoms with Gasteiger partial charge in [0.2, 0.25) is 0 Å². The van der Waals surface area contributed by atoms with Crippen LogP contribution in [0.5, 0.6) is 0 Å². The monoisotopic (exact) mass is 658 g/mol. The molecule has 0 aliphatic heterocycles. The molecule has 4 atom stereocenters. The van der Waals surface area contributed by atoms with Gasteiger partial charge in [0, 0.05) is 25.3 Å². The highest BCUT2D eigenvalue weighted by atomic mass is 16.5. The molecule has 6 heteroatoms. The smallest absolute Gasteiger partial charge is 0.302 e. The Bertz CT molecular complexity index is 1480. The minimum absolute atomic E-state index is 0.148. The molecule has 2 saturated carbocycles. The standard InChI is InChI=1S/C42H58O6/c1-29(18-14-19-31(3)22-23-37-40(8,9)27-35(48-33(5)43)28-42(37,11)47)16-12-13-17-30(2)20-15-21-32(4)36(45)24-38-39(6,7)25-34(44)26-41(38,10)46/h12-22,24,34-35,44,46-47H,25-28H2,1-11H3/b13-12+,18-14+,20-15+,29-16+,30-17+,31-19+,32-21+,38-24?. The molecule has 2 fully saturated rings. The third-order valence-electron chi connectivity index (χ3n) is 8.96. The van der Waals surface area contributed by atoms with E-state index in [1.165, 1.54) is 6.92 Å². The molecule has 0 aromatic carbocycles. The van der Waals surface area contributed by atoms with Crippen molar-refractivity contribution in [2.75, 3.05) is 0 Å². The second-order valence-electron chi connectivity index (χ2n) is 15.3. The molecule has 3 N–H and O–H groups in total. The molecular weight excluding hydrogens is 600 g/mol. The van der Waals surface area contributed by atoms with Crippen molar-refractivity contribution < 1.29 is 29.6 Å². The Labute approximate surface area is 289 Å². The zero-order chi connectivity index (χ0) is 36.5. The molecule has 2 aliphatic carbocycles. The van der Waals surface area contributed by atoms with Crippen molar-refractivity contribution in [3.05, 3.63) is 112 Å². The van der Waals surface area contributed by atoms with Gasteiger partial charge in [-0.05, 0) is 94.1 Å². The van der Waals surface area contributed by atoms with Crippen molar-refractivity contribution in [2.45, 2.75) is 125 Å². The molecule has 0 amide bonds. The van der Waals surface area contributed by atoms with Crippen LogP contribution in [-0.2, 0) is 14.3 Å². The Balaban J connectivity index is 2.01. The Morgan fingerprint density at radius 2 is 1.25 bits per heavy atom. The van der Waals surface area contributed by atoms with Crippen molar-refractivity contribution in [1.29, 1.82) is 0 Å². The van der Waals surface area contributed by atoms with Gasteiger partial charge in [-0.1, -0.05) is 99.6 Å².